The second-order valence-electron chi connectivity index (χ2n) is 14.4. The second kappa shape index (κ2) is 12.5. The topological polar surface area (TPSA) is 12.5 Å². The Labute approximate surface area is 321 Å². The van der Waals surface area contributed by atoms with Crippen LogP contribution in [0.25, 0.3) is 44.2 Å². The van der Waals surface area contributed by atoms with Gasteiger partial charge in [-0.2, -0.15) is 0 Å². The van der Waals surface area contributed by atoms with Crippen LogP contribution in [0.5, 0.6) is 11.5 Å². The first-order chi connectivity index (χ1) is 27.3. The van der Waals surface area contributed by atoms with Gasteiger partial charge in [-0.3, -0.25) is 0 Å². The van der Waals surface area contributed by atoms with Gasteiger partial charge in [-0.15, -0.1) is 0 Å². The molecule has 55 heavy (non-hydrogen) atoms. The minimum Gasteiger partial charge on any atom is -0.457 e. The number of benzene rings is 9. The molecule has 0 bridgehead atoms. The lowest BCUT2D eigenvalue weighted by atomic mass is 9.65. The largest absolute Gasteiger partial charge is 0.457 e. The van der Waals surface area contributed by atoms with E-state index in [0.29, 0.717) is 0 Å². The average Bonchev–Trinajstić information content (AvgIpc) is 3.54. The molecule has 0 saturated carbocycles. The summed E-state index contributed by atoms with van der Waals surface area (Å²) in [5, 5.41) is 2.40. The molecule has 0 saturated heterocycles. The van der Waals surface area contributed by atoms with Gasteiger partial charge in [0.15, 0.2) is 0 Å². The molecular formula is C53H35NO. The molecule has 0 radical (unpaired) electrons. The van der Waals surface area contributed by atoms with Gasteiger partial charge in [-0.25, -0.2) is 0 Å². The lowest BCUT2D eigenvalue weighted by molar-refractivity contribution is 0.438. The molecule has 2 heteroatoms. The Morgan fingerprint density at radius 2 is 0.964 bits per heavy atom. The molecular weight excluding hydrogens is 667 g/mol. The molecule has 2 nitrogen and oxygen atoms in total. The summed E-state index contributed by atoms with van der Waals surface area (Å²) < 4.78 is 6.82. The molecule has 0 aromatic heterocycles. The molecule has 0 fully saturated rings. The predicted molar refractivity (Wildman–Crippen MR) is 227 cm³/mol. The number of rotatable bonds is 5. The quantitative estimate of drug-likeness (QED) is 0.177. The highest BCUT2D eigenvalue weighted by Gasteiger charge is 2.52. The van der Waals surface area contributed by atoms with Crippen molar-refractivity contribution in [3.63, 3.8) is 0 Å². The number of hydrogen-bond donors (Lipinski definition) is 0. The third-order valence-electron chi connectivity index (χ3n) is 11.5. The molecule has 1 aliphatic heterocycles. The predicted octanol–water partition coefficient (Wildman–Crippen LogP) is 14.1. The van der Waals surface area contributed by atoms with Crippen molar-refractivity contribution in [2.45, 2.75) is 5.41 Å². The van der Waals surface area contributed by atoms with Crippen LogP contribution in [0, 0.1) is 0 Å². The zero-order chi connectivity index (χ0) is 36.3. The Kier molecular flexibility index (Phi) is 7.11. The van der Waals surface area contributed by atoms with E-state index in [9.17, 15) is 0 Å². The normalized spacial score (nSPS) is 14.8. The Balaban J connectivity index is 1.21. The minimum atomic E-state index is -0.616. The lowest BCUT2D eigenvalue weighted by Crippen LogP contribution is -2.32. The van der Waals surface area contributed by atoms with Crippen molar-refractivity contribution in [3.05, 3.63) is 235 Å². The molecule has 1 spiro atoms. The minimum absolute atomic E-state index is 0.616. The van der Waals surface area contributed by atoms with Crippen molar-refractivity contribution in [1.82, 2.24) is 0 Å². The van der Waals surface area contributed by atoms with Crippen molar-refractivity contribution in [1.29, 1.82) is 0 Å². The summed E-state index contributed by atoms with van der Waals surface area (Å²) in [6.45, 7) is 0. The second-order valence-corrected chi connectivity index (χ2v) is 14.4. The molecule has 0 amide bonds. The van der Waals surface area contributed by atoms with Crippen LogP contribution in [0.4, 0.5) is 17.1 Å². The fraction of sp³-hybridized carbons (Fsp3) is 0.0189. The van der Waals surface area contributed by atoms with Crippen LogP contribution in [0.3, 0.4) is 0 Å². The molecule has 1 unspecified atom stereocenters. The van der Waals surface area contributed by atoms with Gasteiger partial charge in [0.2, 0.25) is 0 Å². The van der Waals surface area contributed by atoms with Crippen LogP contribution in [0.2, 0.25) is 0 Å². The van der Waals surface area contributed by atoms with Crippen molar-refractivity contribution in [2.24, 2.45) is 0 Å². The molecule has 9 aromatic carbocycles. The van der Waals surface area contributed by atoms with Crippen LogP contribution >= 0.6 is 0 Å². The van der Waals surface area contributed by atoms with Gasteiger partial charge in [-0.05, 0) is 92.2 Å². The summed E-state index contributed by atoms with van der Waals surface area (Å²) in [4.78, 5) is 2.43. The van der Waals surface area contributed by atoms with Crippen LogP contribution in [0.15, 0.2) is 212 Å². The monoisotopic (exact) mass is 701 g/mol. The van der Waals surface area contributed by atoms with E-state index in [0.717, 1.165) is 34.1 Å². The summed E-state index contributed by atoms with van der Waals surface area (Å²) in [5.41, 5.74) is 14.8. The Hall–Kier alpha value is -7.16. The molecule has 1 atom stereocenters. The fourth-order valence-corrected chi connectivity index (χ4v) is 9.20. The van der Waals surface area contributed by atoms with Gasteiger partial charge in [0.1, 0.15) is 11.5 Å². The number of hydrogen-bond acceptors (Lipinski definition) is 2. The van der Waals surface area contributed by atoms with Crippen molar-refractivity contribution in [2.75, 3.05) is 4.90 Å². The Morgan fingerprint density at radius 1 is 0.364 bits per heavy atom. The van der Waals surface area contributed by atoms with E-state index in [2.05, 4.69) is 217 Å². The first-order valence-electron chi connectivity index (χ1n) is 18.9. The van der Waals surface area contributed by atoms with Gasteiger partial charge in [0.25, 0.3) is 0 Å². The van der Waals surface area contributed by atoms with E-state index in [1.807, 2.05) is 0 Å². The van der Waals surface area contributed by atoms with Gasteiger partial charge < -0.3 is 9.64 Å². The summed E-state index contributed by atoms with van der Waals surface area (Å²) in [5.74, 6) is 1.79. The van der Waals surface area contributed by atoms with E-state index in [1.165, 1.54) is 60.8 Å². The van der Waals surface area contributed by atoms with Gasteiger partial charge in [-0.1, -0.05) is 170 Å². The van der Waals surface area contributed by atoms with Crippen molar-refractivity contribution < 1.29 is 4.74 Å². The molecule has 2 aliphatic rings. The highest BCUT2D eigenvalue weighted by Crippen LogP contribution is 2.64. The third kappa shape index (κ3) is 4.75. The standard InChI is InChI=1S/C53H35NO/c1-3-15-36(16-4-1)37-27-30-40(31-28-37)54(49-25-13-10-20-42(49)38-17-5-2-6-18-38)41-32-33-45-44-22-9-11-23-46(44)53(48(45)35-41)47-24-12-14-26-50(47)55-51-34-29-39-19-7-8-21-43(39)52(51)53/h1-35H. The van der Waals surface area contributed by atoms with Gasteiger partial charge >= 0.3 is 0 Å². The SMILES string of the molecule is c1ccc(-c2ccc(N(c3ccc4c(c3)C3(c5ccccc5Oc5ccc6ccccc6c53)c3ccccc3-4)c3ccccc3-c3ccccc3)cc2)cc1. The molecule has 258 valence electrons. The van der Waals surface area contributed by atoms with Crippen LogP contribution in [0.1, 0.15) is 22.3 Å². The zero-order valence-electron chi connectivity index (χ0n) is 30.1. The Bertz CT molecular complexity index is 2900. The lowest BCUT2D eigenvalue weighted by Gasteiger charge is -2.40. The van der Waals surface area contributed by atoms with E-state index in [4.69, 9.17) is 4.74 Å². The molecule has 11 rings (SSSR count). The highest BCUT2D eigenvalue weighted by atomic mass is 16.5. The van der Waals surface area contributed by atoms with E-state index in [1.54, 1.807) is 0 Å². The maximum absolute atomic E-state index is 6.82. The maximum atomic E-state index is 6.82. The average molecular weight is 702 g/mol. The van der Waals surface area contributed by atoms with Crippen LogP contribution in [-0.2, 0) is 5.41 Å². The number of para-hydroxylation sites is 2. The van der Waals surface area contributed by atoms with E-state index >= 15 is 0 Å². The zero-order valence-corrected chi connectivity index (χ0v) is 30.1. The van der Waals surface area contributed by atoms with Gasteiger partial charge in [0.05, 0.1) is 11.1 Å². The van der Waals surface area contributed by atoms with Crippen LogP contribution in [-0.4, -0.2) is 0 Å². The number of anilines is 3. The molecule has 0 N–H and O–H groups in total. The highest BCUT2D eigenvalue weighted by molar-refractivity contribution is 5.99. The molecule has 1 heterocycles. The van der Waals surface area contributed by atoms with E-state index < -0.39 is 5.41 Å². The number of fused-ring (bicyclic) bond motifs is 11. The number of nitrogens with zero attached hydrogens (tertiary/aromatic N) is 1. The third-order valence-corrected chi connectivity index (χ3v) is 11.5. The summed E-state index contributed by atoms with van der Waals surface area (Å²) >= 11 is 0. The van der Waals surface area contributed by atoms with Gasteiger partial charge in [0, 0.05) is 28.1 Å². The maximum Gasteiger partial charge on any atom is 0.132 e. The van der Waals surface area contributed by atoms with Crippen molar-refractivity contribution >= 4 is 27.8 Å². The molecule has 9 aromatic rings. The summed E-state index contributed by atoms with van der Waals surface area (Å²) in [7, 11) is 0. The Morgan fingerprint density at radius 3 is 1.78 bits per heavy atom. The van der Waals surface area contributed by atoms with Crippen LogP contribution < -0.4 is 9.64 Å². The first-order valence-corrected chi connectivity index (χ1v) is 18.9. The number of ether oxygens (including phenoxy) is 1. The summed E-state index contributed by atoms with van der Waals surface area (Å²) in [6.07, 6.45) is 0. The summed E-state index contributed by atoms with van der Waals surface area (Å²) in [6, 6.07) is 76.9. The molecule has 1 aliphatic carbocycles. The smallest absolute Gasteiger partial charge is 0.132 e. The fourth-order valence-electron chi connectivity index (χ4n) is 9.20. The van der Waals surface area contributed by atoms with Crippen molar-refractivity contribution in [3.8, 4) is 44.9 Å². The first kappa shape index (κ1) is 31.4. The van der Waals surface area contributed by atoms with E-state index in [-0.39, 0.29) is 0 Å².